The van der Waals surface area contributed by atoms with Gasteiger partial charge in [0.05, 0.1) is 19.8 Å². The van der Waals surface area contributed by atoms with Crippen LogP contribution in [0.2, 0.25) is 0 Å². The Kier molecular flexibility index (Phi) is 5.36. The lowest BCUT2D eigenvalue weighted by molar-refractivity contribution is -0.108. The lowest BCUT2D eigenvalue weighted by atomic mass is 10.1. The van der Waals surface area contributed by atoms with Crippen LogP contribution in [0.25, 0.3) is 0 Å². The first-order valence-electron chi connectivity index (χ1n) is 6.65. The van der Waals surface area contributed by atoms with E-state index in [0.717, 1.165) is 43.5 Å². The maximum absolute atomic E-state index is 10.4. The molecular weight excluding hydrogens is 244 g/mol. The molecule has 1 aliphatic heterocycles. The minimum atomic E-state index is -0.139. The van der Waals surface area contributed by atoms with Gasteiger partial charge in [-0.05, 0) is 37.0 Å². The molecule has 104 valence electrons. The number of aldehydes is 1. The number of rotatable bonds is 9. The van der Waals surface area contributed by atoms with Gasteiger partial charge in [0, 0.05) is 6.61 Å². The first-order valence-corrected chi connectivity index (χ1v) is 6.65. The first-order chi connectivity index (χ1) is 9.33. The van der Waals surface area contributed by atoms with Crippen LogP contribution < -0.4 is 4.74 Å². The maximum atomic E-state index is 10.4. The third kappa shape index (κ3) is 4.65. The second kappa shape index (κ2) is 7.26. The van der Waals surface area contributed by atoms with Crippen molar-refractivity contribution in [2.45, 2.75) is 38.1 Å². The largest absolute Gasteiger partial charge is 0.497 e. The molecule has 0 amide bonds. The molecule has 1 heterocycles. The van der Waals surface area contributed by atoms with Crippen molar-refractivity contribution in [1.29, 1.82) is 0 Å². The topological polar surface area (TPSA) is 48.1 Å². The Morgan fingerprint density at radius 1 is 1.26 bits per heavy atom. The van der Waals surface area contributed by atoms with Crippen molar-refractivity contribution in [3.8, 4) is 5.75 Å². The van der Waals surface area contributed by atoms with Gasteiger partial charge in [0.25, 0.3) is 0 Å². The summed E-state index contributed by atoms with van der Waals surface area (Å²) in [5.41, 5.74) is 1.15. The lowest BCUT2D eigenvalue weighted by Crippen LogP contribution is -1.98. The van der Waals surface area contributed by atoms with Gasteiger partial charge in [-0.15, -0.1) is 0 Å². The van der Waals surface area contributed by atoms with Gasteiger partial charge in [-0.1, -0.05) is 12.1 Å². The summed E-state index contributed by atoms with van der Waals surface area (Å²) in [6.45, 7) is 1.37. The summed E-state index contributed by atoms with van der Waals surface area (Å²) in [4.78, 5) is 10.4. The minimum Gasteiger partial charge on any atom is -0.497 e. The van der Waals surface area contributed by atoms with Crippen LogP contribution in [0.5, 0.6) is 5.75 Å². The van der Waals surface area contributed by atoms with E-state index < -0.39 is 0 Å². The fourth-order valence-electron chi connectivity index (χ4n) is 1.97. The van der Waals surface area contributed by atoms with Crippen LogP contribution in [-0.4, -0.2) is 32.2 Å². The predicted octanol–water partition coefficient (Wildman–Crippen LogP) is 2.35. The van der Waals surface area contributed by atoms with E-state index in [4.69, 9.17) is 14.2 Å². The smallest absolute Gasteiger partial charge is 0.151 e. The molecule has 2 atom stereocenters. The molecule has 0 unspecified atom stereocenters. The molecule has 1 aromatic carbocycles. The summed E-state index contributed by atoms with van der Waals surface area (Å²) in [6.07, 6.45) is 3.90. The zero-order valence-electron chi connectivity index (χ0n) is 11.2. The molecule has 4 nitrogen and oxygen atoms in total. The van der Waals surface area contributed by atoms with Gasteiger partial charge in [-0.2, -0.15) is 0 Å². The molecule has 1 aromatic rings. The van der Waals surface area contributed by atoms with Crippen molar-refractivity contribution in [1.82, 2.24) is 0 Å². The average Bonchev–Trinajstić information content (AvgIpc) is 3.22. The van der Waals surface area contributed by atoms with Crippen molar-refractivity contribution in [3.05, 3.63) is 29.8 Å². The van der Waals surface area contributed by atoms with Gasteiger partial charge in [0.1, 0.15) is 11.9 Å². The fraction of sp³-hybridized carbons (Fsp3) is 0.533. The van der Waals surface area contributed by atoms with E-state index >= 15 is 0 Å². The Morgan fingerprint density at radius 2 is 2.05 bits per heavy atom. The number of hydrogen-bond acceptors (Lipinski definition) is 4. The third-order valence-electron chi connectivity index (χ3n) is 3.21. The van der Waals surface area contributed by atoms with Crippen molar-refractivity contribution >= 4 is 6.29 Å². The molecule has 1 saturated heterocycles. The van der Waals surface area contributed by atoms with Crippen molar-refractivity contribution in [2.75, 3.05) is 13.7 Å². The molecule has 1 aliphatic rings. The van der Waals surface area contributed by atoms with Crippen LogP contribution >= 0.6 is 0 Å². The number of carbonyl (C=O) groups is 1. The van der Waals surface area contributed by atoms with Crippen LogP contribution in [0.3, 0.4) is 0 Å². The summed E-state index contributed by atoms with van der Waals surface area (Å²) in [6, 6.07) is 7.88. The monoisotopic (exact) mass is 264 g/mol. The Balaban J connectivity index is 1.50. The van der Waals surface area contributed by atoms with E-state index in [1.54, 1.807) is 7.11 Å². The highest BCUT2D eigenvalue weighted by atomic mass is 16.6. The fourth-order valence-corrected chi connectivity index (χ4v) is 1.97. The molecule has 0 radical (unpaired) electrons. The van der Waals surface area contributed by atoms with Gasteiger partial charge in [-0.25, -0.2) is 0 Å². The molecule has 2 rings (SSSR count). The van der Waals surface area contributed by atoms with Crippen LogP contribution in [-0.2, 0) is 20.9 Å². The quantitative estimate of drug-likeness (QED) is 0.390. The number of epoxide rings is 1. The summed E-state index contributed by atoms with van der Waals surface area (Å²) in [5.74, 6) is 0.859. The van der Waals surface area contributed by atoms with Gasteiger partial charge in [0.2, 0.25) is 0 Å². The van der Waals surface area contributed by atoms with Crippen molar-refractivity contribution < 1.29 is 19.0 Å². The molecule has 0 saturated carbocycles. The summed E-state index contributed by atoms with van der Waals surface area (Å²) in [5, 5.41) is 0. The van der Waals surface area contributed by atoms with Crippen LogP contribution in [0.15, 0.2) is 24.3 Å². The molecule has 0 N–H and O–H groups in total. The molecule has 19 heavy (non-hydrogen) atoms. The van der Waals surface area contributed by atoms with Crippen molar-refractivity contribution in [2.24, 2.45) is 0 Å². The van der Waals surface area contributed by atoms with E-state index in [2.05, 4.69) is 0 Å². The lowest BCUT2D eigenvalue weighted by Gasteiger charge is -2.05. The highest BCUT2D eigenvalue weighted by Gasteiger charge is 2.37. The second-order valence-corrected chi connectivity index (χ2v) is 4.67. The molecule has 4 heteroatoms. The standard InChI is InChI=1S/C15H20O4/c1-17-13-7-5-12(6-8-13)11-18-9-3-2-4-14-15(10-16)19-14/h5-8,10,14-15H,2-4,9,11H2,1H3/t14-,15-/m1/s1. The number of methoxy groups -OCH3 is 1. The zero-order valence-corrected chi connectivity index (χ0v) is 11.2. The van der Waals surface area contributed by atoms with Gasteiger partial charge >= 0.3 is 0 Å². The summed E-state index contributed by atoms with van der Waals surface area (Å²) in [7, 11) is 1.66. The molecular formula is C15H20O4. The van der Waals surface area contributed by atoms with E-state index in [9.17, 15) is 4.79 Å². The van der Waals surface area contributed by atoms with Crippen LogP contribution in [0.4, 0.5) is 0 Å². The van der Waals surface area contributed by atoms with Crippen LogP contribution in [0.1, 0.15) is 24.8 Å². The molecule has 1 fully saturated rings. The van der Waals surface area contributed by atoms with Gasteiger partial charge < -0.3 is 19.0 Å². The molecule has 0 spiro atoms. The summed E-state index contributed by atoms with van der Waals surface area (Å²) >= 11 is 0. The Labute approximate surface area is 113 Å². The highest BCUT2D eigenvalue weighted by molar-refractivity contribution is 5.60. The maximum Gasteiger partial charge on any atom is 0.151 e. The van der Waals surface area contributed by atoms with E-state index in [1.807, 2.05) is 24.3 Å². The van der Waals surface area contributed by atoms with E-state index in [0.29, 0.717) is 6.61 Å². The number of carbonyl (C=O) groups excluding carboxylic acids is 1. The predicted molar refractivity (Wildman–Crippen MR) is 71.2 cm³/mol. The summed E-state index contributed by atoms with van der Waals surface area (Å²) < 4.78 is 15.8. The second-order valence-electron chi connectivity index (χ2n) is 4.67. The SMILES string of the molecule is COc1ccc(COCCCC[C@H]2O[C@@H]2C=O)cc1. The highest BCUT2D eigenvalue weighted by Crippen LogP contribution is 2.25. The molecule has 0 bridgehead atoms. The molecule has 0 aliphatic carbocycles. The van der Waals surface area contributed by atoms with Crippen molar-refractivity contribution in [3.63, 3.8) is 0 Å². The molecule has 0 aromatic heterocycles. The number of unbranched alkanes of at least 4 members (excludes halogenated alkanes) is 1. The average molecular weight is 264 g/mol. The van der Waals surface area contributed by atoms with Gasteiger partial charge in [-0.3, -0.25) is 0 Å². The number of benzene rings is 1. The first kappa shape index (κ1) is 14.0. The number of ether oxygens (including phenoxy) is 3. The Hall–Kier alpha value is -1.39. The Bertz CT molecular complexity index is 388. The van der Waals surface area contributed by atoms with Crippen LogP contribution in [0, 0.1) is 0 Å². The van der Waals surface area contributed by atoms with E-state index in [-0.39, 0.29) is 12.2 Å². The number of hydrogen-bond donors (Lipinski definition) is 0. The van der Waals surface area contributed by atoms with E-state index in [1.165, 1.54) is 0 Å². The Morgan fingerprint density at radius 3 is 2.68 bits per heavy atom. The zero-order chi connectivity index (χ0) is 13.5. The third-order valence-corrected chi connectivity index (χ3v) is 3.21. The minimum absolute atomic E-state index is 0.139. The van der Waals surface area contributed by atoms with Gasteiger partial charge in [0.15, 0.2) is 6.29 Å². The normalized spacial score (nSPS) is 21.1.